The minimum absolute atomic E-state index is 0.108. The Labute approximate surface area is 102 Å². The maximum Gasteiger partial charge on any atom is 0.130 e. The maximum atomic E-state index is 8.63. The standard InChI is InChI=1S/C14H14N2O/c1-11(2)17-10-13-5-3-12(4-6-13)7-14(8-15)9-16/h3-7,11H,10H2,1-2H3. The summed E-state index contributed by atoms with van der Waals surface area (Å²) < 4.78 is 5.47. The molecule has 1 aromatic rings. The van der Waals surface area contributed by atoms with E-state index in [0.717, 1.165) is 11.1 Å². The van der Waals surface area contributed by atoms with E-state index in [0.29, 0.717) is 6.61 Å². The number of hydrogen-bond donors (Lipinski definition) is 0. The molecule has 0 aliphatic carbocycles. The molecule has 1 aromatic carbocycles. The molecule has 3 nitrogen and oxygen atoms in total. The van der Waals surface area contributed by atoms with Gasteiger partial charge in [-0.1, -0.05) is 24.3 Å². The fourth-order valence-electron chi connectivity index (χ4n) is 1.23. The van der Waals surface area contributed by atoms with Gasteiger partial charge in [0.05, 0.1) is 12.7 Å². The largest absolute Gasteiger partial charge is 0.374 e. The van der Waals surface area contributed by atoms with Crippen molar-refractivity contribution < 1.29 is 4.74 Å². The molecule has 0 amide bonds. The first-order valence-electron chi connectivity index (χ1n) is 5.38. The maximum absolute atomic E-state index is 8.63. The minimum Gasteiger partial charge on any atom is -0.374 e. The number of ether oxygens (including phenoxy) is 1. The summed E-state index contributed by atoms with van der Waals surface area (Å²) in [7, 11) is 0. The van der Waals surface area contributed by atoms with Gasteiger partial charge in [0, 0.05) is 0 Å². The van der Waals surface area contributed by atoms with E-state index < -0.39 is 0 Å². The van der Waals surface area contributed by atoms with Crippen LogP contribution >= 0.6 is 0 Å². The van der Waals surface area contributed by atoms with Crippen LogP contribution < -0.4 is 0 Å². The Bertz CT molecular complexity index is 456. The lowest BCUT2D eigenvalue weighted by molar-refractivity contribution is 0.0657. The highest BCUT2D eigenvalue weighted by Crippen LogP contribution is 2.10. The first kappa shape index (κ1) is 13.0. The van der Waals surface area contributed by atoms with Crippen LogP contribution in [-0.4, -0.2) is 6.10 Å². The lowest BCUT2D eigenvalue weighted by atomic mass is 10.1. The zero-order chi connectivity index (χ0) is 12.7. The summed E-state index contributed by atoms with van der Waals surface area (Å²) in [5, 5.41) is 17.3. The molecular formula is C14H14N2O. The smallest absolute Gasteiger partial charge is 0.130 e. The SMILES string of the molecule is CC(C)OCc1ccc(C=C(C#N)C#N)cc1. The second-order valence-corrected chi connectivity index (χ2v) is 3.88. The number of hydrogen-bond acceptors (Lipinski definition) is 3. The molecule has 0 aromatic heterocycles. The van der Waals surface area contributed by atoms with E-state index in [2.05, 4.69) is 0 Å². The Balaban J connectivity index is 2.73. The van der Waals surface area contributed by atoms with Crippen molar-refractivity contribution in [2.75, 3.05) is 0 Å². The first-order chi connectivity index (χ1) is 8.15. The molecule has 0 saturated carbocycles. The predicted octanol–water partition coefficient (Wildman–Crippen LogP) is 3.04. The average Bonchev–Trinajstić information content (AvgIpc) is 2.34. The van der Waals surface area contributed by atoms with Crippen molar-refractivity contribution in [1.29, 1.82) is 10.5 Å². The van der Waals surface area contributed by atoms with Gasteiger partial charge in [-0.15, -0.1) is 0 Å². The van der Waals surface area contributed by atoms with E-state index in [4.69, 9.17) is 15.3 Å². The van der Waals surface area contributed by atoms with Crippen molar-refractivity contribution in [2.24, 2.45) is 0 Å². The summed E-state index contributed by atoms with van der Waals surface area (Å²) >= 11 is 0. The van der Waals surface area contributed by atoms with Crippen LogP contribution in [0.2, 0.25) is 0 Å². The van der Waals surface area contributed by atoms with Crippen LogP contribution in [0.3, 0.4) is 0 Å². The Morgan fingerprint density at radius 1 is 1.24 bits per heavy atom. The van der Waals surface area contributed by atoms with Gasteiger partial charge in [-0.05, 0) is 31.1 Å². The molecule has 86 valence electrons. The summed E-state index contributed by atoms with van der Waals surface area (Å²) in [5.41, 5.74) is 2.03. The highest BCUT2D eigenvalue weighted by atomic mass is 16.5. The third-order valence-corrected chi connectivity index (χ3v) is 2.11. The van der Waals surface area contributed by atoms with E-state index in [-0.39, 0.29) is 11.7 Å². The third kappa shape index (κ3) is 4.51. The fourth-order valence-corrected chi connectivity index (χ4v) is 1.23. The monoisotopic (exact) mass is 226 g/mol. The molecule has 0 saturated heterocycles. The molecule has 17 heavy (non-hydrogen) atoms. The highest BCUT2D eigenvalue weighted by Gasteiger charge is 1.97. The van der Waals surface area contributed by atoms with E-state index >= 15 is 0 Å². The van der Waals surface area contributed by atoms with Crippen LogP contribution in [0.1, 0.15) is 25.0 Å². The molecular weight excluding hydrogens is 212 g/mol. The van der Waals surface area contributed by atoms with E-state index in [1.54, 1.807) is 6.08 Å². The topological polar surface area (TPSA) is 56.8 Å². The van der Waals surface area contributed by atoms with Gasteiger partial charge in [0.1, 0.15) is 17.7 Å². The summed E-state index contributed by atoms with van der Waals surface area (Å²) in [5.74, 6) is 0. The Hall–Kier alpha value is -2.10. The Morgan fingerprint density at radius 2 is 1.82 bits per heavy atom. The number of rotatable bonds is 4. The van der Waals surface area contributed by atoms with E-state index in [1.165, 1.54) is 0 Å². The molecule has 3 heteroatoms. The third-order valence-electron chi connectivity index (χ3n) is 2.11. The summed E-state index contributed by atoms with van der Waals surface area (Å²) in [6, 6.07) is 11.3. The molecule has 0 radical (unpaired) electrons. The van der Waals surface area contributed by atoms with Crippen LogP contribution in [0.15, 0.2) is 29.8 Å². The molecule has 0 fully saturated rings. The summed E-state index contributed by atoms with van der Waals surface area (Å²) in [4.78, 5) is 0. The predicted molar refractivity (Wildman–Crippen MR) is 65.6 cm³/mol. The minimum atomic E-state index is 0.108. The van der Waals surface area contributed by atoms with Gasteiger partial charge in [-0.3, -0.25) is 0 Å². The molecule has 0 N–H and O–H groups in total. The summed E-state index contributed by atoms with van der Waals surface area (Å²) in [6.07, 6.45) is 1.77. The molecule has 0 aliphatic rings. The molecule has 0 unspecified atom stereocenters. The highest BCUT2D eigenvalue weighted by molar-refractivity contribution is 5.61. The lowest BCUT2D eigenvalue weighted by Gasteiger charge is -2.07. The van der Waals surface area contributed by atoms with Crippen molar-refractivity contribution in [3.05, 3.63) is 41.0 Å². The van der Waals surface area contributed by atoms with Gasteiger partial charge < -0.3 is 4.74 Å². The van der Waals surface area contributed by atoms with Crippen molar-refractivity contribution in [1.82, 2.24) is 0 Å². The van der Waals surface area contributed by atoms with Crippen molar-refractivity contribution >= 4 is 6.08 Å². The van der Waals surface area contributed by atoms with E-state index in [1.807, 2.05) is 50.3 Å². The van der Waals surface area contributed by atoms with Crippen LogP contribution in [0.25, 0.3) is 6.08 Å². The Morgan fingerprint density at radius 3 is 2.29 bits per heavy atom. The number of allylic oxidation sites excluding steroid dienone is 1. The van der Waals surface area contributed by atoms with Crippen molar-refractivity contribution in [3.8, 4) is 12.1 Å². The molecule has 0 aliphatic heterocycles. The lowest BCUT2D eigenvalue weighted by Crippen LogP contribution is -2.01. The van der Waals surface area contributed by atoms with Crippen LogP contribution in [-0.2, 0) is 11.3 Å². The molecule has 1 rings (SSSR count). The number of nitrogens with zero attached hydrogens (tertiary/aromatic N) is 2. The molecule has 0 atom stereocenters. The molecule has 0 bridgehead atoms. The second-order valence-electron chi connectivity index (χ2n) is 3.88. The zero-order valence-corrected chi connectivity index (χ0v) is 9.97. The van der Waals surface area contributed by atoms with Gasteiger partial charge in [0.15, 0.2) is 0 Å². The molecule has 0 heterocycles. The van der Waals surface area contributed by atoms with Gasteiger partial charge in [-0.25, -0.2) is 0 Å². The first-order valence-corrected chi connectivity index (χ1v) is 5.38. The van der Waals surface area contributed by atoms with Crippen LogP contribution in [0, 0.1) is 22.7 Å². The van der Waals surface area contributed by atoms with Crippen LogP contribution in [0.5, 0.6) is 0 Å². The number of nitriles is 2. The average molecular weight is 226 g/mol. The number of benzene rings is 1. The normalized spacial score (nSPS) is 9.47. The van der Waals surface area contributed by atoms with Crippen molar-refractivity contribution in [3.63, 3.8) is 0 Å². The van der Waals surface area contributed by atoms with Gasteiger partial charge in [0.25, 0.3) is 0 Å². The Kier molecular flexibility index (Phi) is 4.94. The van der Waals surface area contributed by atoms with Crippen LogP contribution in [0.4, 0.5) is 0 Å². The van der Waals surface area contributed by atoms with Gasteiger partial charge >= 0.3 is 0 Å². The zero-order valence-electron chi connectivity index (χ0n) is 9.97. The van der Waals surface area contributed by atoms with Gasteiger partial charge in [0.2, 0.25) is 0 Å². The second kappa shape index (κ2) is 6.48. The van der Waals surface area contributed by atoms with Gasteiger partial charge in [-0.2, -0.15) is 10.5 Å². The van der Waals surface area contributed by atoms with Crippen molar-refractivity contribution in [2.45, 2.75) is 26.6 Å². The molecule has 0 spiro atoms. The quantitative estimate of drug-likeness (QED) is 0.741. The van der Waals surface area contributed by atoms with E-state index in [9.17, 15) is 0 Å². The fraction of sp³-hybridized carbons (Fsp3) is 0.286. The summed E-state index contributed by atoms with van der Waals surface area (Å²) in [6.45, 7) is 4.55.